The second-order valence-corrected chi connectivity index (χ2v) is 3.30. The fraction of sp³-hybridized carbons (Fsp3) is 0.400. The molecule has 1 rings (SSSR count). The number of rotatable bonds is 2. The molecule has 0 heterocycles. The van der Waals surface area contributed by atoms with Crippen LogP contribution in [0.5, 0.6) is 0 Å². The van der Waals surface area contributed by atoms with Gasteiger partial charge in [-0.05, 0) is 25.0 Å². The van der Waals surface area contributed by atoms with Gasteiger partial charge in [-0.15, -0.1) is 0 Å². The normalized spacial score (nSPS) is 10.8. The van der Waals surface area contributed by atoms with Crippen LogP contribution in [0.2, 0.25) is 0 Å². The van der Waals surface area contributed by atoms with Gasteiger partial charge < -0.3 is 11.5 Å². The van der Waals surface area contributed by atoms with Gasteiger partial charge in [-0.1, -0.05) is 23.8 Å². The van der Waals surface area contributed by atoms with Crippen molar-refractivity contribution in [1.82, 2.24) is 0 Å². The van der Waals surface area contributed by atoms with Gasteiger partial charge >= 0.3 is 0 Å². The Morgan fingerprint density at radius 3 is 2.50 bits per heavy atom. The van der Waals surface area contributed by atoms with Gasteiger partial charge in [-0.3, -0.25) is 0 Å². The van der Waals surface area contributed by atoms with E-state index in [1.807, 2.05) is 0 Å². The van der Waals surface area contributed by atoms with Crippen LogP contribution in [0.1, 0.15) is 16.7 Å². The Morgan fingerprint density at radius 2 is 1.92 bits per heavy atom. The molecule has 2 nitrogen and oxygen atoms in total. The summed E-state index contributed by atoms with van der Waals surface area (Å²) < 4.78 is 0. The number of aryl methyl sites for hydroxylation is 2. The van der Waals surface area contributed by atoms with E-state index in [4.69, 9.17) is 11.5 Å². The van der Waals surface area contributed by atoms with Crippen LogP contribution in [-0.4, -0.2) is 6.17 Å². The Morgan fingerprint density at radius 1 is 1.25 bits per heavy atom. The molecule has 4 N–H and O–H groups in total. The van der Waals surface area contributed by atoms with Crippen LogP contribution >= 0.6 is 0 Å². The predicted molar refractivity (Wildman–Crippen MR) is 51.8 cm³/mol. The smallest absolute Gasteiger partial charge is 0.0562 e. The first kappa shape index (κ1) is 9.23. The summed E-state index contributed by atoms with van der Waals surface area (Å²) in [7, 11) is 0. The van der Waals surface area contributed by atoms with Gasteiger partial charge in [0, 0.05) is 6.42 Å². The second-order valence-electron chi connectivity index (χ2n) is 3.30. The molecule has 0 unspecified atom stereocenters. The van der Waals surface area contributed by atoms with Crippen LogP contribution in [0.3, 0.4) is 0 Å². The third kappa shape index (κ3) is 2.32. The van der Waals surface area contributed by atoms with Crippen molar-refractivity contribution in [1.29, 1.82) is 0 Å². The van der Waals surface area contributed by atoms with Crippen LogP contribution in [0.25, 0.3) is 0 Å². The van der Waals surface area contributed by atoms with Crippen LogP contribution in [-0.2, 0) is 6.42 Å². The summed E-state index contributed by atoms with van der Waals surface area (Å²) in [6.07, 6.45) is 0.513. The summed E-state index contributed by atoms with van der Waals surface area (Å²) in [6.45, 7) is 4.15. The Balaban J connectivity index is 2.90. The third-order valence-corrected chi connectivity index (χ3v) is 1.96. The number of nitrogens with two attached hydrogens (primary N) is 2. The fourth-order valence-corrected chi connectivity index (χ4v) is 1.27. The molecular formula is C10H16N2. The molecule has 0 saturated carbocycles. The van der Waals surface area contributed by atoms with E-state index in [2.05, 4.69) is 32.0 Å². The molecule has 1 aromatic rings. The zero-order chi connectivity index (χ0) is 9.14. The first-order chi connectivity index (χ1) is 5.59. The number of hydrogen-bond donors (Lipinski definition) is 2. The van der Waals surface area contributed by atoms with Gasteiger partial charge in [-0.2, -0.15) is 0 Å². The van der Waals surface area contributed by atoms with E-state index in [1.54, 1.807) is 0 Å². The standard InChI is InChI=1S/C10H16N2/c1-7-3-4-8(2)9(5-7)6-10(11)12/h3-5,10H,6,11-12H2,1-2H3. The molecule has 0 spiro atoms. The molecular weight excluding hydrogens is 148 g/mol. The number of benzene rings is 1. The molecule has 66 valence electrons. The maximum Gasteiger partial charge on any atom is 0.0562 e. The van der Waals surface area contributed by atoms with Gasteiger partial charge in [0.1, 0.15) is 0 Å². The average Bonchev–Trinajstić information content (AvgIpc) is 1.96. The van der Waals surface area contributed by atoms with E-state index in [1.165, 1.54) is 16.7 Å². The molecule has 0 bridgehead atoms. The maximum absolute atomic E-state index is 5.52. The Labute approximate surface area is 73.6 Å². The quantitative estimate of drug-likeness (QED) is 0.643. The highest BCUT2D eigenvalue weighted by molar-refractivity contribution is 5.30. The van der Waals surface area contributed by atoms with Gasteiger partial charge in [0.25, 0.3) is 0 Å². The molecule has 0 atom stereocenters. The highest BCUT2D eigenvalue weighted by Crippen LogP contribution is 2.11. The Bertz CT molecular complexity index is 267. The molecule has 0 saturated heterocycles. The van der Waals surface area contributed by atoms with Crippen molar-refractivity contribution in [2.45, 2.75) is 26.4 Å². The van der Waals surface area contributed by atoms with E-state index >= 15 is 0 Å². The Kier molecular flexibility index (Phi) is 2.84. The summed E-state index contributed by atoms with van der Waals surface area (Å²) in [5.74, 6) is 0. The molecule has 0 aliphatic rings. The molecule has 0 amide bonds. The predicted octanol–water partition coefficient (Wildman–Crippen LogP) is 1.09. The SMILES string of the molecule is Cc1ccc(C)c(CC(N)N)c1. The van der Waals surface area contributed by atoms with Crippen molar-refractivity contribution in [3.05, 3.63) is 34.9 Å². The minimum Gasteiger partial charge on any atom is -0.316 e. The lowest BCUT2D eigenvalue weighted by molar-refractivity contribution is 0.700. The van der Waals surface area contributed by atoms with E-state index in [0.29, 0.717) is 0 Å². The van der Waals surface area contributed by atoms with Crippen LogP contribution in [0.15, 0.2) is 18.2 Å². The fourth-order valence-electron chi connectivity index (χ4n) is 1.27. The second kappa shape index (κ2) is 3.70. The molecule has 12 heavy (non-hydrogen) atoms. The van der Waals surface area contributed by atoms with Crippen molar-refractivity contribution in [3.8, 4) is 0 Å². The molecule has 2 heteroatoms. The highest BCUT2D eigenvalue weighted by Gasteiger charge is 2.01. The average molecular weight is 164 g/mol. The summed E-state index contributed by atoms with van der Waals surface area (Å²) in [5, 5.41) is 0. The molecule has 0 aliphatic heterocycles. The third-order valence-electron chi connectivity index (χ3n) is 1.96. The lowest BCUT2D eigenvalue weighted by Crippen LogP contribution is -2.32. The zero-order valence-electron chi connectivity index (χ0n) is 7.67. The minimum atomic E-state index is -0.245. The van der Waals surface area contributed by atoms with Crippen LogP contribution in [0, 0.1) is 13.8 Å². The van der Waals surface area contributed by atoms with Gasteiger partial charge in [0.15, 0.2) is 0 Å². The lowest BCUT2D eigenvalue weighted by Gasteiger charge is -2.09. The summed E-state index contributed by atoms with van der Waals surface area (Å²) >= 11 is 0. The van der Waals surface area contributed by atoms with Crippen molar-refractivity contribution < 1.29 is 0 Å². The highest BCUT2D eigenvalue weighted by atomic mass is 14.8. The summed E-state index contributed by atoms with van der Waals surface area (Å²) in [6, 6.07) is 6.34. The summed E-state index contributed by atoms with van der Waals surface area (Å²) in [4.78, 5) is 0. The van der Waals surface area contributed by atoms with Crippen molar-refractivity contribution in [2.75, 3.05) is 0 Å². The molecule has 1 aromatic carbocycles. The molecule has 0 fully saturated rings. The van der Waals surface area contributed by atoms with Crippen LogP contribution < -0.4 is 11.5 Å². The van der Waals surface area contributed by atoms with E-state index < -0.39 is 0 Å². The summed E-state index contributed by atoms with van der Waals surface area (Å²) in [5.41, 5.74) is 14.8. The van der Waals surface area contributed by atoms with Crippen LogP contribution in [0.4, 0.5) is 0 Å². The lowest BCUT2D eigenvalue weighted by atomic mass is 10.0. The van der Waals surface area contributed by atoms with Crippen molar-refractivity contribution in [3.63, 3.8) is 0 Å². The maximum atomic E-state index is 5.52. The zero-order valence-corrected chi connectivity index (χ0v) is 7.67. The molecule has 0 radical (unpaired) electrons. The van der Waals surface area contributed by atoms with Crippen molar-refractivity contribution in [2.24, 2.45) is 11.5 Å². The van der Waals surface area contributed by atoms with Gasteiger partial charge in [0.2, 0.25) is 0 Å². The van der Waals surface area contributed by atoms with Crippen molar-refractivity contribution >= 4 is 0 Å². The number of hydrogen-bond acceptors (Lipinski definition) is 2. The minimum absolute atomic E-state index is 0.245. The topological polar surface area (TPSA) is 52.0 Å². The molecule has 0 aromatic heterocycles. The molecule has 0 aliphatic carbocycles. The monoisotopic (exact) mass is 164 g/mol. The van der Waals surface area contributed by atoms with E-state index in [-0.39, 0.29) is 6.17 Å². The van der Waals surface area contributed by atoms with Gasteiger partial charge in [-0.25, -0.2) is 0 Å². The van der Waals surface area contributed by atoms with Gasteiger partial charge in [0.05, 0.1) is 6.17 Å². The first-order valence-electron chi connectivity index (χ1n) is 4.17. The van der Waals surface area contributed by atoms with E-state index in [0.717, 1.165) is 6.42 Å². The first-order valence-corrected chi connectivity index (χ1v) is 4.17. The largest absolute Gasteiger partial charge is 0.316 e. The van der Waals surface area contributed by atoms with E-state index in [9.17, 15) is 0 Å². The Hall–Kier alpha value is -0.860.